The summed E-state index contributed by atoms with van der Waals surface area (Å²) in [5, 5.41) is 3.80. The molecule has 2 aromatic heterocycles. The standard InChI is InChI=1S/C10H14N4O2/c1-3-9-11-8(12-16-9)7-14-6-5-13(4-2)10(14)15/h5-6H,3-4,7H2,1-2H3. The highest BCUT2D eigenvalue weighted by Gasteiger charge is 2.07. The highest BCUT2D eigenvalue weighted by molar-refractivity contribution is 4.90. The minimum atomic E-state index is -0.0506. The Balaban J connectivity index is 2.20. The summed E-state index contributed by atoms with van der Waals surface area (Å²) in [5.74, 6) is 1.13. The first kappa shape index (κ1) is 10.7. The van der Waals surface area contributed by atoms with Crippen LogP contribution in [0, 0.1) is 0 Å². The van der Waals surface area contributed by atoms with Crippen LogP contribution in [-0.2, 0) is 19.5 Å². The fourth-order valence-electron chi connectivity index (χ4n) is 1.46. The number of imidazole rings is 1. The van der Waals surface area contributed by atoms with Gasteiger partial charge in [-0.05, 0) is 6.92 Å². The van der Waals surface area contributed by atoms with Crippen LogP contribution in [0.3, 0.4) is 0 Å². The van der Waals surface area contributed by atoms with Gasteiger partial charge in [-0.1, -0.05) is 12.1 Å². The van der Waals surface area contributed by atoms with Crippen LogP contribution >= 0.6 is 0 Å². The van der Waals surface area contributed by atoms with E-state index in [0.717, 1.165) is 0 Å². The Morgan fingerprint density at radius 2 is 2.06 bits per heavy atom. The molecule has 0 spiro atoms. The zero-order valence-corrected chi connectivity index (χ0v) is 9.38. The normalized spacial score (nSPS) is 10.9. The molecule has 6 nitrogen and oxygen atoms in total. The monoisotopic (exact) mass is 222 g/mol. The van der Waals surface area contributed by atoms with E-state index in [1.807, 2.05) is 13.8 Å². The molecule has 0 amide bonds. The fraction of sp³-hybridized carbons (Fsp3) is 0.500. The lowest BCUT2D eigenvalue weighted by molar-refractivity contribution is 0.375. The van der Waals surface area contributed by atoms with Crippen molar-refractivity contribution >= 4 is 0 Å². The molecule has 0 aromatic carbocycles. The molecular formula is C10H14N4O2. The Hall–Kier alpha value is -1.85. The minimum Gasteiger partial charge on any atom is -0.339 e. The van der Waals surface area contributed by atoms with Gasteiger partial charge in [0.15, 0.2) is 5.82 Å². The zero-order chi connectivity index (χ0) is 11.5. The maximum absolute atomic E-state index is 11.7. The van der Waals surface area contributed by atoms with Crippen molar-refractivity contribution in [2.75, 3.05) is 0 Å². The first-order valence-electron chi connectivity index (χ1n) is 5.31. The van der Waals surface area contributed by atoms with E-state index in [9.17, 15) is 4.79 Å². The second-order valence-electron chi connectivity index (χ2n) is 3.45. The highest BCUT2D eigenvalue weighted by Crippen LogP contribution is 1.99. The smallest absolute Gasteiger partial charge is 0.328 e. The van der Waals surface area contributed by atoms with Crippen LogP contribution in [0.15, 0.2) is 21.7 Å². The minimum absolute atomic E-state index is 0.0506. The van der Waals surface area contributed by atoms with Gasteiger partial charge in [0.25, 0.3) is 0 Å². The average Bonchev–Trinajstić information content (AvgIpc) is 2.88. The van der Waals surface area contributed by atoms with Crippen molar-refractivity contribution in [1.82, 2.24) is 19.3 Å². The van der Waals surface area contributed by atoms with Crippen molar-refractivity contribution in [1.29, 1.82) is 0 Å². The quantitative estimate of drug-likeness (QED) is 0.762. The summed E-state index contributed by atoms with van der Waals surface area (Å²) in [6.45, 7) is 4.89. The van der Waals surface area contributed by atoms with E-state index in [1.165, 1.54) is 0 Å². The van der Waals surface area contributed by atoms with Gasteiger partial charge >= 0.3 is 5.69 Å². The third-order valence-electron chi connectivity index (χ3n) is 2.38. The summed E-state index contributed by atoms with van der Waals surface area (Å²) in [6, 6.07) is 0. The molecule has 16 heavy (non-hydrogen) atoms. The van der Waals surface area contributed by atoms with E-state index in [0.29, 0.717) is 31.2 Å². The lowest BCUT2D eigenvalue weighted by atomic mass is 10.5. The molecule has 2 rings (SSSR count). The molecule has 0 saturated heterocycles. The van der Waals surface area contributed by atoms with Crippen LogP contribution in [0.25, 0.3) is 0 Å². The Morgan fingerprint density at radius 1 is 1.31 bits per heavy atom. The number of hydrogen-bond donors (Lipinski definition) is 0. The first-order chi connectivity index (χ1) is 7.74. The SMILES string of the molecule is CCc1nc(Cn2ccn(CC)c2=O)no1. The third-order valence-corrected chi connectivity index (χ3v) is 2.38. The summed E-state index contributed by atoms with van der Waals surface area (Å²) in [6.07, 6.45) is 4.19. The van der Waals surface area contributed by atoms with Gasteiger partial charge < -0.3 is 4.52 Å². The van der Waals surface area contributed by atoms with E-state index in [1.54, 1.807) is 21.5 Å². The average molecular weight is 222 g/mol. The van der Waals surface area contributed by atoms with Gasteiger partial charge in [-0.25, -0.2) is 4.79 Å². The molecule has 0 aliphatic heterocycles. The van der Waals surface area contributed by atoms with Crippen molar-refractivity contribution in [3.8, 4) is 0 Å². The predicted molar refractivity (Wildman–Crippen MR) is 57.1 cm³/mol. The van der Waals surface area contributed by atoms with Crippen LogP contribution in [0.4, 0.5) is 0 Å². The lowest BCUT2D eigenvalue weighted by Crippen LogP contribution is -2.24. The van der Waals surface area contributed by atoms with Crippen LogP contribution in [-0.4, -0.2) is 19.3 Å². The van der Waals surface area contributed by atoms with Gasteiger partial charge in [-0.3, -0.25) is 9.13 Å². The molecule has 0 radical (unpaired) electrons. The fourth-order valence-corrected chi connectivity index (χ4v) is 1.46. The maximum Gasteiger partial charge on any atom is 0.328 e. The molecule has 0 atom stereocenters. The van der Waals surface area contributed by atoms with Gasteiger partial charge in [0.1, 0.15) is 0 Å². The van der Waals surface area contributed by atoms with Gasteiger partial charge in [0.2, 0.25) is 5.89 Å². The molecule has 0 aliphatic carbocycles. The number of nitrogens with zero attached hydrogens (tertiary/aromatic N) is 4. The Kier molecular flexibility index (Phi) is 2.89. The molecule has 0 aliphatic rings. The molecule has 0 bridgehead atoms. The van der Waals surface area contributed by atoms with E-state index in [4.69, 9.17) is 4.52 Å². The largest absolute Gasteiger partial charge is 0.339 e. The molecule has 2 aromatic rings. The molecule has 86 valence electrons. The number of aryl methyl sites for hydroxylation is 2. The van der Waals surface area contributed by atoms with Crippen molar-refractivity contribution in [2.45, 2.75) is 33.4 Å². The number of aromatic nitrogens is 4. The summed E-state index contributed by atoms with van der Waals surface area (Å²) in [7, 11) is 0. The molecule has 2 heterocycles. The van der Waals surface area contributed by atoms with Crippen molar-refractivity contribution < 1.29 is 4.52 Å². The summed E-state index contributed by atoms with van der Waals surface area (Å²) in [4.78, 5) is 15.9. The van der Waals surface area contributed by atoms with E-state index >= 15 is 0 Å². The molecule has 0 unspecified atom stereocenters. The zero-order valence-electron chi connectivity index (χ0n) is 9.38. The Labute approximate surface area is 92.5 Å². The Morgan fingerprint density at radius 3 is 2.62 bits per heavy atom. The predicted octanol–water partition coefficient (Wildman–Crippen LogP) is 0.663. The van der Waals surface area contributed by atoms with E-state index in [2.05, 4.69) is 10.1 Å². The second-order valence-corrected chi connectivity index (χ2v) is 3.45. The molecule has 0 saturated carbocycles. The third kappa shape index (κ3) is 1.91. The topological polar surface area (TPSA) is 65.8 Å². The van der Waals surface area contributed by atoms with Gasteiger partial charge in [0, 0.05) is 25.4 Å². The van der Waals surface area contributed by atoms with Crippen LogP contribution in [0.2, 0.25) is 0 Å². The van der Waals surface area contributed by atoms with Crippen LogP contribution in [0.5, 0.6) is 0 Å². The maximum atomic E-state index is 11.7. The number of hydrogen-bond acceptors (Lipinski definition) is 4. The second kappa shape index (κ2) is 4.34. The first-order valence-corrected chi connectivity index (χ1v) is 5.31. The van der Waals surface area contributed by atoms with Gasteiger partial charge in [0.05, 0.1) is 6.54 Å². The Bertz CT molecular complexity index is 523. The van der Waals surface area contributed by atoms with Crippen molar-refractivity contribution in [3.63, 3.8) is 0 Å². The van der Waals surface area contributed by atoms with Gasteiger partial charge in [-0.2, -0.15) is 4.98 Å². The van der Waals surface area contributed by atoms with E-state index < -0.39 is 0 Å². The van der Waals surface area contributed by atoms with E-state index in [-0.39, 0.29) is 5.69 Å². The molecule has 0 N–H and O–H groups in total. The van der Waals surface area contributed by atoms with Crippen molar-refractivity contribution in [2.24, 2.45) is 0 Å². The van der Waals surface area contributed by atoms with Crippen LogP contribution < -0.4 is 5.69 Å². The summed E-state index contributed by atoms with van der Waals surface area (Å²) < 4.78 is 8.16. The van der Waals surface area contributed by atoms with Crippen LogP contribution in [0.1, 0.15) is 25.6 Å². The summed E-state index contributed by atoms with van der Waals surface area (Å²) in [5.41, 5.74) is -0.0506. The molecular weight excluding hydrogens is 208 g/mol. The van der Waals surface area contributed by atoms with Gasteiger partial charge in [-0.15, -0.1) is 0 Å². The molecule has 6 heteroatoms. The molecule has 0 fully saturated rings. The highest BCUT2D eigenvalue weighted by atomic mass is 16.5. The lowest BCUT2D eigenvalue weighted by Gasteiger charge is -1.95. The van der Waals surface area contributed by atoms with Crippen molar-refractivity contribution in [3.05, 3.63) is 34.6 Å². The number of rotatable bonds is 4. The summed E-state index contributed by atoms with van der Waals surface area (Å²) >= 11 is 0.